The van der Waals surface area contributed by atoms with Crippen LogP contribution in [-0.4, -0.2) is 25.3 Å². The van der Waals surface area contributed by atoms with E-state index in [2.05, 4.69) is 19.2 Å². The number of carbonyl (C=O) groups excluding carboxylic acids is 1. The highest BCUT2D eigenvalue weighted by Gasteiger charge is 2.28. The Morgan fingerprint density at radius 3 is 2.43 bits per heavy atom. The van der Waals surface area contributed by atoms with Gasteiger partial charge in [-0.15, -0.1) is 0 Å². The molecule has 0 bridgehead atoms. The van der Waals surface area contributed by atoms with E-state index in [9.17, 15) is 4.79 Å². The van der Waals surface area contributed by atoms with Crippen molar-refractivity contribution in [1.82, 2.24) is 5.32 Å². The second-order valence-electron chi connectivity index (χ2n) is 4.23. The highest BCUT2D eigenvalue weighted by Crippen LogP contribution is 2.24. The molecule has 1 unspecified atom stereocenters. The van der Waals surface area contributed by atoms with Crippen LogP contribution in [0.4, 0.5) is 4.79 Å². The van der Waals surface area contributed by atoms with Crippen molar-refractivity contribution >= 4 is 6.09 Å². The zero-order chi connectivity index (χ0) is 10.6. The summed E-state index contributed by atoms with van der Waals surface area (Å²) >= 11 is 0. The Balaban J connectivity index is 2.51. The van der Waals surface area contributed by atoms with E-state index in [0.29, 0.717) is 11.8 Å². The molecule has 0 saturated carbocycles. The molecule has 0 aromatic heterocycles. The van der Waals surface area contributed by atoms with Gasteiger partial charge < -0.3 is 15.8 Å². The second kappa shape index (κ2) is 5.20. The molecule has 4 nitrogen and oxygen atoms in total. The minimum atomic E-state index is -0.651. The molecule has 1 rings (SSSR count). The average molecular weight is 200 g/mol. The maximum absolute atomic E-state index is 10.7. The molecule has 4 heteroatoms. The topological polar surface area (TPSA) is 64.3 Å². The van der Waals surface area contributed by atoms with Crippen LogP contribution in [0.2, 0.25) is 0 Å². The largest absolute Gasteiger partial charge is 0.446 e. The van der Waals surface area contributed by atoms with Gasteiger partial charge in [0.1, 0.15) is 6.10 Å². The lowest BCUT2D eigenvalue weighted by Crippen LogP contribution is -2.40. The molecule has 0 aromatic rings. The Morgan fingerprint density at radius 1 is 1.43 bits per heavy atom. The summed E-state index contributed by atoms with van der Waals surface area (Å²) in [5, 5.41) is 3.29. The van der Waals surface area contributed by atoms with Crippen LogP contribution >= 0.6 is 0 Å². The predicted molar refractivity (Wildman–Crippen MR) is 54.9 cm³/mol. The van der Waals surface area contributed by atoms with E-state index in [1.807, 2.05) is 0 Å². The molecule has 0 aliphatic carbocycles. The summed E-state index contributed by atoms with van der Waals surface area (Å²) in [4.78, 5) is 10.7. The van der Waals surface area contributed by atoms with E-state index < -0.39 is 6.09 Å². The highest BCUT2D eigenvalue weighted by molar-refractivity contribution is 5.64. The zero-order valence-electron chi connectivity index (χ0n) is 8.95. The quantitative estimate of drug-likeness (QED) is 0.717. The number of nitrogens with two attached hydrogens (primary N) is 1. The second-order valence-corrected chi connectivity index (χ2v) is 4.23. The molecule has 0 radical (unpaired) electrons. The van der Waals surface area contributed by atoms with Gasteiger partial charge in [0.05, 0.1) is 0 Å². The predicted octanol–water partition coefficient (Wildman–Crippen LogP) is 1.11. The average Bonchev–Trinajstić information content (AvgIpc) is 2.15. The van der Waals surface area contributed by atoms with Crippen LogP contribution in [0.5, 0.6) is 0 Å². The third kappa shape index (κ3) is 3.18. The number of hydrogen-bond donors (Lipinski definition) is 2. The smallest absolute Gasteiger partial charge is 0.404 e. The molecular formula is C10H20N2O2. The van der Waals surface area contributed by atoms with Crippen LogP contribution in [0.1, 0.15) is 26.7 Å². The third-order valence-electron chi connectivity index (χ3n) is 2.76. The fourth-order valence-electron chi connectivity index (χ4n) is 2.08. The van der Waals surface area contributed by atoms with Crippen LogP contribution in [0.15, 0.2) is 0 Å². The van der Waals surface area contributed by atoms with Gasteiger partial charge in [-0.3, -0.25) is 0 Å². The molecule has 1 heterocycles. The molecule has 0 aromatic carbocycles. The number of hydrogen-bond acceptors (Lipinski definition) is 3. The molecule has 1 atom stereocenters. The van der Waals surface area contributed by atoms with Crippen LogP contribution in [0.25, 0.3) is 0 Å². The number of carbonyl (C=O) groups is 1. The Labute approximate surface area is 85.2 Å². The molecule has 0 spiro atoms. The van der Waals surface area contributed by atoms with Gasteiger partial charge in [-0.25, -0.2) is 4.79 Å². The minimum absolute atomic E-state index is 0.0189. The fraction of sp³-hybridized carbons (Fsp3) is 0.900. The molecule has 1 saturated heterocycles. The first-order valence-corrected chi connectivity index (χ1v) is 5.28. The standard InChI is InChI=1S/C10H20N2O2/c1-7(2)9(14-10(11)13)8-3-5-12-6-4-8/h7-9,12H,3-6H2,1-2H3,(H2,11,13). The minimum Gasteiger partial charge on any atom is -0.446 e. The zero-order valence-corrected chi connectivity index (χ0v) is 8.95. The van der Waals surface area contributed by atoms with Gasteiger partial charge in [0.2, 0.25) is 0 Å². The Kier molecular flexibility index (Phi) is 4.20. The van der Waals surface area contributed by atoms with Crippen molar-refractivity contribution in [1.29, 1.82) is 0 Å². The summed E-state index contributed by atoms with van der Waals surface area (Å²) < 4.78 is 5.16. The first-order chi connectivity index (χ1) is 6.61. The maximum Gasteiger partial charge on any atom is 0.404 e. The molecule has 3 N–H and O–H groups in total. The van der Waals surface area contributed by atoms with Gasteiger partial charge in [-0.1, -0.05) is 13.8 Å². The highest BCUT2D eigenvalue weighted by atomic mass is 16.6. The van der Waals surface area contributed by atoms with Crippen LogP contribution < -0.4 is 11.1 Å². The molecule has 1 fully saturated rings. The van der Waals surface area contributed by atoms with Crippen molar-refractivity contribution < 1.29 is 9.53 Å². The van der Waals surface area contributed by atoms with Gasteiger partial charge >= 0.3 is 6.09 Å². The Hall–Kier alpha value is -0.770. The Morgan fingerprint density at radius 2 is 2.00 bits per heavy atom. The lowest BCUT2D eigenvalue weighted by molar-refractivity contribution is 0.0272. The maximum atomic E-state index is 10.7. The SMILES string of the molecule is CC(C)C(OC(N)=O)C1CCNCC1. The number of ether oxygens (including phenoxy) is 1. The van der Waals surface area contributed by atoms with Crippen molar-refractivity contribution in [2.24, 2.45) is 17.6 Å². The first kappa shape index (κ1) is 11.3. The van der Waals surface area contributed by atoms with E-state index >= 15 is 0 Å². The number of piperidine rings is 1. The number of nitrogens with one attached hydrogen (secondary N) is 1. The summed E-state index contributed by atoms with van der Waals surface area (Å²) in [6.07, 6.45) is 1.46. The van der Waals surface area contributed by atoms with E-state index in [1.165, 1.54) is 0 Å². The van der Waals surface area contributed by atoms with Crippen molar-refractivity contribution in [2.75, 3.05) is 13.1 Å². The van der Waals surface area contributed by atoms with Gasteiger partial charge in [0.25, 0.3) is 0 Å². The van der Waals surface area contributed by atoms with Crippen molar-refractivity contribution in [3.05, 3.63) is 0 Å². The molecule has 82 valence electrons. The monoisotopic (exact) mass is 200 g/mol. The summed E-state index contributed by atoms with van der Waals surface area (Å²) in [5.41, 5.74) is 5.06. The van der Waals surface area contributed by atoms with E-state index in [1.54, 1.807) is 0 Å². The van der Waals surface area contributed by atoms with Crippen molar-refractivity contribution in [3.8, 4) is 0 Å². The Bertz CT molecular complexity index is 189. The van der Waals surface area contributed by atoms with Gasteiger partial charge in [0, 0.05) is 0 Å². The summed E-state index contributed by atoms with van der Waals surface area (Å²) in [6.45, 7) is 6.15. The summed E-state index contributed by atoms with van der Waals surface area (Å²) in [5.74, 6) is 0.800. The summed E-state index contributed by atoms with van der Waals surface area (Å²) in [7, 11) is 0. The number of primary amides is 1. The fourth-order valence-corrected chi connectivity index (χ4v) is 2.08. The van der Waals surface area contributed by atoms with Gasteiger partial charge in [-0.2, -0.15) is 0 Å². The number of rotatable bonds is 3. The molecule has 1 aliphatic rings. The van der Waals surface area contributed by atoms with Gasteiger partial charge in [-0.05, 0) is 37.8 Å². The van der Waals surface area contributed by atoms with Crippen LogP contribution in [0.3, 0.4) is 0 Å². The van der Waals surface area contributed by atoms with Crippen molar-refractivity contribution in [2.45, 2.75) is 32.8 Å². The number of amides is 1. The summed E-state index contributed by atoms with van der Waals surface area (Å²) in [6, 6.07) is 0. The lowest BCUT2D eigenvalue weighted by Gasteiger charge is -2.32. The molecule has 1 aliphatic heterocycles. The first-order valence-electron chi connectivity index (χ1n) is 5.28. The third-order valence-corrected chi connectivity index (χ3v) is 2.76. The van der Waals surface area contributed by atoms with E-state index in [0.717, 1.165) is 25.9 Å². The normalized spacial score (nSPS) is 20.8. The van der Waals surface area contributed by atoms with Crippen LogP contribution in [-0.2, 0) is 4.74 Å². The van der Waals surface area contributed by atoms with Crippen LogP contribution in [0, 0.1) is 11.8 Å². The molecule has 14 heavy (non-hydrogen) atoms. The molecule has 1 amide bonds. The van der Waals surface area contributed by atoms with E-state index in [4.69, 9.17) is 10.5 Å². The van der Waals surface area contributed by atoms with Crippen molar-refractivity contribution in [3.63, 3.8) is 0 Å². The van der Waals surface area contributed by atoms with Gasteiger partial charge in [0.15, 0.2) is 0 Å². The van der Waals surface area contributed by atoms with E-state index in [-0.39, 0.29) is 6.10 Å². The molecular weight excluding hydrogens is 180 g/mol. The lowest BCUT2D eigenvalue weighted by atomic mass is 9.86.